The molecule has 0 fully saturated rings. The Bertz CT molecular complexity index is 739. The third-order valence-corrected chi connectivity index (χ3v) is 3.51. The zero-order valence-electron chi connectivity index (χ0n) is 11.6. The van der Waals surface area contributed by atoms with Crippen LogP contribution in [0.1, 0.15) is 18.9 Å². The van der Waals surface area contributed by atoms with E-state index in [4.69, 9.17) is 11.6 Å². The highest BCUT2D eigenvalue weighted by molar-refractivity contribution is 6.30. The van der Waals surface area contributed by atoms with Gasteiger partial charge in [-0.3, -0.25) is 0 Å². The van der Waals surface area contributed by atoms with Crippen LogP contribution in [0.3, 0.4) is 0 Å². The molecule has 21 heavy (non-hydrogen) atoms. The maximum Gasteiger partial charge on any atom is 0.136 e. The molecular weight excluding hydrogens is 286 g/mol. The Kier molecular flexibility index (Phi) is 3.92. The van der Waals surface area contributed by atoms with Crippen molar-refractivity contribution in [1.29, 1.82) is 0 Å². The SMILES string of the molecule is CCCc1c(Cl)ncnc1-c1cnnn1-c1ccccc1. The standard InChI is InChI=1S/C15H14ClN5/c1-2-6-12-14(17-10-18-15(12)16)13-9-19-20-21(13)11-7-4-3-5-8-11/h3-5,7-10H,2,6H2,1H3. The molecule has 3 rings (SSSR count). The third kappa shape index (κ3) is 2.64. The van der Waals surface area contributed by atoms with Crippen molar-refractivity contribution in [3.8, 4) is 17.1 Å². The van der Waals surface area contributed by atoms with Crippen LogP contribution in [0, 0.1) is 0 Å². The molecule has 106 valence electrons. The first kappa shape index (κ1) is 13.7. The Morgan fingerprint density at radius 1 is 1.14 bits per heavy atom. The van der Waals surface area contributed by atoms with Gasteiger partial charge in [0.25, 0.3) is 0 Å². The fraction of sp³-hybridized carbons (Fsp3) is 0.200. The smallest absolute Gasteiger partial charge is 0.136 e. The average molecular weight is 300 g/mol. The highest BCUT2D eigenvalue weighted by Gasteiger charge is 2.16. The number of nitrogens with zero attached hydrogens (tertiary/aromatic N) is 5. The van der Waals surface area contributed by atoms with Crippen molar-refractivity contribution < 1.29 is 0 Å². The highest BCUT2D eigenvalue weighted by Crippen LogP contribution is 2.27. The van der Waals surface area contributed by atoms with E-state index in [0.29, 0.717) is 5.15 Å². The second kappa shape index (κ2) is 6.01. The minimum absolute atomic E-state index is 0.489. The predicted octanol–water partition coefficient (Wildman–Crippen LogP) is 3.33. The van der Waals surface area contributed by atoms with E-state index >= 15 is 0 Å². The fourth-order valence-corrected chi connectivity index (χ4v) is 2.47. The summed E-state index contributed by atoms with van der Waals surface area (Å²) in [4.78, 5) is 8.47. The summed E-state index contributed by atoms with van der Waals surface area (Å²) in [6.45, 7) is 2.10. The molecule has 0 radical (unpaired) electrons. The maximum atomic E-state index is 6.22. The summed E-state index contributed by atoms with van der Waals surface area (Å²) in [6, 6.07) is 9.83. The summed E-state index contributed by atoms with van der Waals surface area (Å²) in [5, 5.41) is 8.66. The van der Waals surface area contributed by atoms with Crippen LogP contribution in [0.25, 0.3) is 17.1 Å². The van der Waals surface area contributed by atoms with E-state index in [0.717, 1.165) is 35.5 Å². The Morgan fingerprint density at radius 3 is 2.71 bits per heavy atom. The summed E-state index contributed by atoms with van der Waals surface area (Å²) in [5.74, 6) is 0. The second-order valence-corrected chi connectivity index (χ2v) is 4.97. The normalized spacial score (nSPS) is 10.8. The summed E-state index contributed by atoms with van der Waals surface area (Å²) >= 11 is 6.22. The van der Waals surface area contributed by atoms with Crippen molar-refractivity contribution in [3.63, 3.8) is 0 Å². The van der Waals surface area contributed by atoms with Gasteiger partial charge in [-0.25, -0.2) is 14.6 Å². The predicted molar refractivity (Wildman–Crippen MR) is 81.4 cm³/mol. The maximum absolute atomic E-state index is 6.22. The fourth-order valence-electron chi connectivity index (χ4n) is 2.24. The van der Waals surface area contributed by atoms with E-state index < -0.39 is 0 Å². The van der Waals surface area contributed by atoms with Crippen LogP contribution in [0.4, 0.5) is 0 Å². The first-order valence-corrected chi connectivity index (χ1v) is 7.15. The van der Waals surface area contributed by atoms with Crippen LogP contribution in [0.2, 0.25) is 5.15 Å². The molecule has 0 saturated carbocycles. The monoisotopic (exact) mass is 299 g/mol. The van der Waals surface area contributed by atoms with Gasteiger partial charge in [-0.2, -0.15) is 0 Å². The first-order valence-electron chi connectivity index (χ1n) is 6.77. The van der Waals surface area contributed by atoms with Gasteiger partial charge < -0.3 is 0 Å². The number of benzene rings is 1. The van der Waals surface area contributed by atoms with E-state index in [1.807, 2.05) is 30.3 Å². The lowest BCUT2D eigenvalue weighted by Crippen LogP contribution is -2.03. The number of halogens is 1. The minimum atomic E-state index is 0.489. The molecule has 0 unspecified atom stereocenters. The van der Waals surface area contributed by atoms with Gasteiger partial charge in [0.2, 0.25) is 0 Å². The number of hydrogen-bond acceptors (Lipinski definition) is 4. The van der Waals surface area contributed by atoms with Crippen molar-refractivity contribution in [2.24, 2.45) is 0 Å². The minimum Gasteiger partial charge on any atom is -0.234 e. The molecule has 0 amide bonds. The van der Waals surface area contributed by atoms with Crippen molar-refractivity contribution in [3.05, 3.63) is 53.6 Å². The van der Waals surface area contributed by atoms with Gasteiger partial charge in [-0.1, -0.05) is 48.4 Å². The molecule has 0 aliphatic rings. The van der Waals surface area contributed by atoms with Gasteiger partial charge in [0.1, 0.15) is 17.2 Å². The van der Waals surface area contributed by atoms with E-state index in [-0.39, 0.29) is 0 Å². The summed E-state index contributed by atoms with van der Waals surface area (Å²) < 4.78 is 1.76. The van der Waals surface area contributed by atoms with Gasteiger partial charge in [0.05, 0.1) is 17.6 Å². The van der Waals surface area contributed by atoms with E-state index in [2.05, 4.69) is 27.2 Å². The number of aromatic nitrogens is 5. The summed E-state index contributed by atoms with van der Waals surface area (Å²) in [7, 11) is 0. The van der Waals surface area contributed by atoms with Crippen molar-refractivity contribution in [2.45, 2.75) is 19.8 Å². The molecule has 0 aliphatic carbocycles. The van der Waals surface area contributed by atoms with Crippen LogP contribution in [0.5, 0.6) is 0 Å². The zero-order chi connectivity index (χ0) is 14.7. The Balaban J connectivity index is 2.15. The second-order valence-electron chi connectivity index (χ2n) is 4.61. The highest BCUT2D eigenvalue weighted by atomic mass is 35.5. The quantitative estimate of drug-likeness (QED) is 0.693. The van der Waals surface area contributed by atoms with Gasteiger partial charge >= 0.3 is 0 Å². The Labute approximate surface area is 127 Å². The molecule has 5 nitrogen and oxygen atoms in total. The lowest BCUT2D eigenvalue weighted by atomic mass is 10.1. The van der Waals surface area contributed by atoms with E-state index in [1.165, 1.54) is 6.33 Å². The molecule has 2 heterocycles. The van der Waals surface area contributed by atoms with Gasteiger partial charge in [0.15, 0.2) is 0 Å². The molecular formula is C15H14ClN5. The van der Waals surface area contributed by atoms with Crippen LogP contribution < -0.4 is 0 Å². The summed E-state index contributed by atoms with van der Waals surface area (Å²) in [5.41, 5.74) is 3.46. The average Bonchev–Trinajstić information content (AvgIpc) is 3.00. The van der Waals surface area contributed by atoms with Crippen LogP contribution in [0.15, 0.2) is 42.9 Å². The largest absolute Gasteiger partial charge is 0.234 e. The van der Waals surface area contributed by atoms with Crippen LogP contribution in [-0.4, -0.2) is 25.0 Å². The van der Waals surface area contributed by atoms with Crippen molar-refractivity contribution in [1.82, 2.24) is 25.0 Å². The zero-order valence-corrected chi connectivity index (χ0v) is 12.3. The topological polar surface area (TPSA) is 56.5 Å². The molecule has 0 bridgehead atoms. The Morgan fingerprint density at radius 2 is 1.95 bits per heavy atom. The molecule has 0 saturated heterocycles. The molecule has 6 heteroatoms. The summed E-state index contributed by atoms with van der Waals surface area (Å²) in [6.07, 6.45) is 4.95. The lowest BCUT2D eigenvalue weighted by Gasteiger charge is -2.10. The lowest BCUT2D eigenvalue weighted by molar-refractivity contribution is 0.803. The van der Waals surface area contributed by atoms with Gasteiger partial charge in [0, 0.05) is 5.56 Å². The molecule has 0 spiro atoms. The van der Waals surface area contributed by atoms with E-state index in [9.17, 15) is 0 Å². The van der Waals surface area contributed by atoms with Crippen LogP contribution in [-0.2, 0) is 6.42 Å². The van der Waals surface area contributed by atoms with E-state index in [1.54, 1.807) is 10.9 Å². The van der Waals surface area contributed by atoms with Gasteiger partial charge in [-0.15, -0.1) is 5.10 Å². The molecule has 2 aromatic heterocycles. The number of para-hydroxylation sites is 1. The third-order valence-electron chi connectivity index (χ3n) is 3.19. The molecule has 1 aromatic carbocycles. The van der Waals surface area contributed by atoms with Crippen LogP contribution >= 0.6 is 11.6 Å². The molecule has 3 aromatic rings. The molecule has 0 atom stereocenters. The number of hydrogen-bond donors (Lipinski definition) is 0. The molecule has 0 N–H and O–H groups in total. The molecule has 0 aliphatic heterocycles. The number of rotatable bonds is 4. The first-order chi connectivity index (χ1) is 10.3. The van der Waals surface area contributed by atoms with Crippen molar-refractivity contribution in [2.75, 3.05) is 0 Å². The van der Waals surface area contributed by atoms with Gasteiger partial charge in [-0.05, 0) is 18.6 Å². The van der Waals surface area contributed by atoms with Crippen molar-refractivity contribution >= 4 is 11.6 Å². The Hall–Kier alpha value is -2.27.